The van der Waals surface area contributed by atoms with E-state index in [1.54, 1.807) is 6.33 Å². The van der Waals surface area contributed by atoms with Gasteiger partial charge < -0.3 is 5.11 Å². The molecule has 4 heteroatoms. The number of rotatable bonds is 4. The van der Waals surface area contributed by atoms with Gasteiger partial charge in [-0.15, -0.1) is 0 Å². The molecule has 0 spiro atoms. The number of hydrogen-bond acceptors (Lipinski definition) is 3. The molecule has 13 heavy (non-hydrogen) atoms. The molecule has 1 aliphatic carbocycles. The lowest BCUT2D eigenvalue weighted by Gasteiger charge is -2.10. The van der Waals surface area contributed by atoms with Gasteiger partial charge in [0, 0.05) is 25.0 Å². The molecule has 1 N–H and O–H groups in total. The van der Waals surface area contributed by atoms with E-state index in [-0.39, 0.29) is 12.0 Å². The fourth-order valence-electron chi connectivity index (χ4n) is 1.59. The summed E-state index contributed by atoms with van der Waals surface area (Å²) in [6.07, 6.45) is 4.71. The molecule has 0 unspecified atom stereocenters. The van der Waals surface area contributed by atoms with Crippen molar-refractivity contribution in [3.8, 4) is 0 Å². The Kier molecular flexibility index (Phi) is 2.07. The summed E-state index contributed by atoms with van der Waals surface area (Å²) in [5, 5.41) is 13.3. The van der Waals surface area contributed by atoms with Crippen molar-refractivity contribution in [3.63, 3.8) is 0 Å². The van der Waals surface area contributed by atoms with Crippen molar-refractivity contribution in [2.45, 2.75) is 32.7 Å². The number of aromatic nitrogens is 3. The topological polar surface area (TPSA) is 50.9 Å². The smallest absolute Gasteiger partial charge is 0.138 e. The van der Waals surface area contributed by atoms with Gasteiger partial charge in [0.2, 0.25) is 0 Å². The van der Waals surface area contributed by atoms with Crippen LogP contribution in [0.25, 0.3) is 0 Å². The van der Waals surface area contributed by atoms with Crippen LogP contribution in [0.4, 0.5) is 0 Å². The monoisotopic (exact) mass is 181 g/mol. The number of nitrogens with zero attached hydrogens (tertiary/aromatic N) is 3. The predicted molar refractivity (Wildman–Crippen MR) is 48.2 cm³/mol. The number of aliphatic hydroxyl groups is 1. The van der Waals surface area contributed by atoms with E-state index in [1.807, 2.05) is 4.68 Å². The maximum Gasteiger partial charge on any atom is 0.138 e. The molecule has 0 atom stereocenters. The van der Waals surface area contributed by atoms with E-state index in [4.69, 9.17) is 5.11 Å². The number of hydrogen-bond donors (Lipinski definition) is 1. The average molecular weight is 181 g/mol. The van der Waals surface area contributed by atoms with Crippen molar-refractivity contribution in [1.29, 1.82) is 0 Å². The Hall–Kier alpha value is -0.900. The average Bonchev–Trinajstić information content (AvgIpc) is 2.78. The van der Waals surface area contributed by atoms with Gasteiger partial charge in [0.05, 0.1) is 0 Å². The predicted octanol–water partition coefficient (Wildman–Crippen LogP) is 0.613. The molecular formula is C9H15N3O. The van der Waals surface area contributed by atoms with E-state index in [2.05, 4.69) is 17.0 Å². The van der Waals surface area contributed by atoms with Crippen molar-refractivity contribution >= 4 is 0 Å². The third-order valence-corrected chi connectivity index (χ3v) is 2.82. The highest BCUT2D eigenvalue weighted by Crippen LogP contribution is 2.47. The normalized spacial score (nSPS) is 18.9. The molecule has 1 saturated carbocycles. The van der Waals surface area contributed by atoms with Crippen molar-refractivity contribution in [2.75, 3.05) is 6.61 Å². The van der Waals surface area contributed by atoms with Gasteiger partial charge in [-0.2, -0.15) is 5.10 Å². The number of aryl methyl sites for hydroxylation is 1. The van der Waals surface area contributed by atoms with E-state index >= 15 is 0 Å². The zero-order valence-corrected chi connectivity index (χ0v) is 7.90. The Balaban J connectivity index is 2.09. The Morgan fingerprint density at radius 1 is 1.62 bits per heavy atom. The SMILES string of the molecule is CCn1ncnc1CC1(CO)CC1. The van der Waals surface area contributed by atoms with E-state index in [0.717, 1.165) is 31.6 Å². The van der Waals surface area contributed by atoms with Crippen LogP contribution in [0.1, 0.15) is 25.6 Å². The summed E-state index contributed by atoms with van der Waals surface area (Å²) in [5.41, 5.74) is 0.139. The molecule has 1 aromatic rings. The van der Waals surface area contributed by atoms with Gasteiger partial charge >= 0.3 is 0 Å². The van der Waals surface area contributed by atoms with Crippen LogP contribution in [0, 0.1) is 5.41 Å². The maximum absolute atomic E-state index is 9.16. The van der Waals surface area contributed by atoms with Crippen molar-refractivity contribution < 1.29 is 5.11 Å². The Labute approximate surface area is 77.6 Å². The Morgan fingerprint density at radius 3 is 2.92 bits per heavy atom. The van der Waals surface area contributed by atoms with Crippen LogP contribution >= 0.6 is 0 Å². The molecule has 0 radical (unpaired) electrons. The summed E-state index contributed by atoms with van der Waals surface area (Å²) < 4.78 is 1.90. The molecule has 0 saturated heterocycles. The molecule has 0 bridgehead atoms. The highest BCUT2D eigenvalue weighted by molar-refractivity contribution is 5.01. The molecule has 1 aliphatic rings. The minimum atomic E-state index is 0.139. The number of aliphatic hydroxyl groups excluding tert-OH is 1. The fraction of sp³-hybridized carbons (Fsp3) is 0.778. The molecule has 72 valence electrons. The van der Waals surface area contributed by atoms with Gasteiger partial charge in [0.25, 0.3) is 0 Å². The molecular weight excluding hydrogens is 166 g/mol. The van der Waals surface area contributed by atoms with Crippen LogP contribution in [0.2, 0.25) is 0 Å². The lowest BCUT2D eigenvalue weighted by atomic mass is 10.0. The zero-order valence-electron chi connectivity index (χ0n) is 7.90. The summed E-state index contributed by atoms with van der Waals surface area (Å²) in [4.78, 5) is 4.20. The minimum Gasteiger partial charge on any atom is -0.396 e. The molecule has 0 amide bonds. The zero-order chi connectivity index (χ0) is 9.31. The highest BCUT2D eigenvalue weighted by Gasteiger charge is 2.42. The molecule has 1 aromatic heterocycles. The van der Waals surface area contributed by atoms with Gasteiger partial charge in [-0.25, -0.2) is 4.98 Å². The van der Waals surface area contributed by atoms with Gasteiger partial charge in [-0.3, -0.25) is 4.68 Å². The van der Waals surface area contributed by atoms with Gasteiger partial charge in [-0.05, 0) is 19.8 Å². The standard InChI is InChI=1S/C9H15N3O/c1-2-12-8(10-7-11-12)5-9(6-13)3-4-9/h7,13H,2-6H2,1H3. The second kappa shape index (κ2) is 3.10. The molecule has 0 aromatic carbocycles. The summed E-state index contributed by atoms with van der Waals surface area (Å²) in [6.45, 7) is 3.19. The molecule has 1 heterocycles. The highest BCUT2D eigenvalue weighted by atomic mass is 16.3. The van der Waals surface area contributed by atoms with Gasteiger partial charge in [0.15, 0.2) is 0 Å². The second-order valence-electron chi connectivity index (χ2n) is 3.83. The van der Waals surface area contributed by atoms with E-state index in [9.17, 15) is 0 Å². The lowest BCUT2D eigenvalue weighted by Crippen LogP contribution is -2.14. The Bertz CT molecular complexity index is 291. The fourth-order valence-corrected chi connectivity index (χ4v) is 1.59. The van der Waals surface area contributed by atoms with Crippen molar-refractivity contribution in [1.82, 2.24) is 14.8 Å². The van der Waals surface area contributed by atoms with Crippen molar-refractivity contribution in [2.24, 2.45) is 5.41 Å². The van der Waals surface area contributed by atoms with Crippen LogP contribution in [0.5, 0.6) is 0 Å². The minimum absolute atomic E-state index is 0.139. The third-order valence-electron chi connectivity index (χ3n) is 2.82. The Morgan fingerprint density at radius 2 is 2.38 bits per heavy atom. The van der Waals surface area contributed by atoms with Crippen LogP contribution in [-0.2, 0) is 13.0 Å². The summed E-state index contributed by atoms with van der Waals surface area (Å²) >= 11 is 0. The lowest BCUT2D eigenvalue weighted by molar-refractivity contribution is 0.207. The van der Waals surface area contributed by atoms with Crippen LogP contribution < -0.4 is 0 Å². The molecule has 4 nitrogen and oxygen atoms in total. The van der Waals surface area contributed by atoms with E-state index in [0.29, 0.717) is 0 Å². The van der Waals surface area contributed by atoms with E-state index < -0.39 is 0 Å². The first kappa shape index (κ1) is 8.69. The first-order valence-electron chi connectivity index (χ1n) is 4.77. The van der Waals surface area contributed by atoms with Crippen LogP contribution in [-0.4, -0.2) is 26.5 Å². The molecule has 2 rings (SSSR count). The van der Waals surface area contributed by atoms with Crippen LogP contribution in [0.3, 0.4) is 0 Å². The first-order chi connectivity index (χ1) is 6.29. The van der Waals surface area contributed by atoms with E-state index in [1.165, 1.54) is 0 Å². The first-order valence-corrected chi connectivity index (χ1v) is 4.77. The molecule has 1 fully saturated rings. The summed E-state index contributed by atoms with van der Waals surface area (Å²) in [7, 11) is 0. The maximum atomic E-state index is 9.16. The van der Waals surface area contributed by atoms with Gasteiger partial charge in [-0.1, -0.05) is 0 Å². The molecule has 0 aliphatic heterocycles. The second-order valence-corrected chi connectivity index (χ2v) is 3.83. The van der Waals surface area contributed by atoms with Crippen LogP contribution in [0.15, 0.2) is 6.33 Å². The summed E-state index contributed by atoms with van der Waals surface area (Å²) in [6, 6.07) is 0. The quantitative estimate of drug-likeness (QED) is 0.740. The van der Waals surface area contributed by atoms with Crippen molar-refractivity contribution in [3.05, 3.63) is 12.2 Å². The largest absolute Gasteiger partial charge is 0.396 e. The third kappa shape index (κ3) is 1.58. The van der Waals surface area contributed by atoms with Gasteiger partial charge in [0.1, 0.15) is 12.2 Å². The summed E-state index contributed by atoms with van der Waals surface area (Å²) in [5.74, 6) is 1.01.